The average molecular weight is 273 g/mol. The van der Waals surface area contributed by atoms with Gasteiger partial charge in [0.15, 0.2) is 0 Å². The van der Waals surface area contributed by atoms with Crippen molar-refractivity contribution < 1.29 is 0 Å². The smallest absolute Gasteiger partial charge is 0.118 e. The predicted octanol–water partition coefficient (Wildman–Crippen LogP) is 2.96. The maximum Gasteiger partial charge on any atom is 0.118 e. The lowest BCUT2D eigenvalue weighted by Crippen LogP contribution is -2.14. The number of aromatic nitrogens is 2. The maximum atomic E-state index is 4.34. The molecule has 100 valence electrons. The van der Waals surface area contributed by atoms with Crippen molar-refractivity contribution in [2.24, 2.45) is 7.05 Å². The van der Waals surface area contributed by atoms with Gasteiger partial charge in [-0.2, -0.15) is 0 Å². The summed E-state index contributed by atoms with van der Waals surface area (Å²) >= 11 is 1.83. The van der Waals surface area contributed by atoms with Gasteiger partial charge in [0.05, 0.1) is 5.75 Å². The second-order valence-corrected chi connectivity index (χ2v) is 6.09. The molecule has 1 aliphatic carbocycles. The molecule has 0 radical (unpaired) electrons. The van der Waals surface area contributed by atoms with E-state index in [4.69, 9.17) is 0 Å². The fraction of sp³-hybridized carbons (Fsp3) is 0.400. The fourth-order valence-electron chi connectivity index (χ4n) is 1.94. The summed E-state index contributed by atoms with van der Waals surface area (Å²) in [5.41, 5.74) is 1.37. The molecule has 0 saturated heterocycles. The first kappa shape index (κ1) is 12.8. The summed E-state index contributed by atoms with van der Waals surface area (Å²) < 4.78 is 2.07. The highest BCUT2D eigenvalue weighted by molar-refractivity contribution is 7.98. The first-order chi connectivity index (χ1) is 9.31. The molecule has 19 heavy (non-hydrogen) atoms. The van der Waals surface area contributed by atoms with E-state index < -0.39 is 0 Å². The number of thioether (sulfide) groups is 1. The molecule has 1 aromatic heterocycles. The zero-order valence-electron chi connectivity index (χ0n) is 11.2. The molecule has 1 heterocycles. The van der Waals surface area contributed by atoms with Crippen molar-refractivity contribution in [3.05, 3.63) is 48.0 Å². The summed E-state index contributed by atoms with van der Waals surface area (Å²) in [6, 6.07) is 9.62. The van der Waals surface area contributed by atoms with Crippen molar-refractivity contribution >= 4 is 11.8 Å². The normalized spacial score (nSPS) is 14.8. The van der Waals surface area contributed by atoms with Gasteiger partial charge < -0.3 is 9.88 Å². The molecule has 0 atom stereocenters. The quantitative estimate of drug-likeness (QED) is 0.821. The summed E-state index contributed by atoms with van der Waals surface area (Å²) in [6.45, 7) is 0.995. The Kier molecular flexibility index (Phi) is 3.89. The lowest BCUT2D eigenvalue weighted by molar-refractivity contribution is 0.687. The third-order valence-electron chi connectivity index (χ3n) is 3.38. The second-order valence-electron chi connectivity index (χ2n) is 5.04. The number of imidazole rings is 1. The highest BCUT2D eigenvalue weighted by atomic mass is 32.2. The van der Waals surface area contributed by atoms with Gasteiger partial charge in [-0.25, -0.2) is 4.98 Å². The Morgan fingerprint density at radius 2 is 2.11 bits per heavy atom. The molecule has 0 amide bonds. The van der Waals surface area contributed by atoms with Gasteiger partial charge in [-0.15, -0.1) is 11.8 Å². The second kappa shape index (κ2) is 5.80. The zero-order valence-corrected chi connectivity index (χ0v) is 12.0. The molecule has 1 fully saturated rings. The number of hydrogen-bond acceptors (Lipinski definition) is 3. The van der Waals surface area contributed by atoms with E-state index in [1.165, 1.54) is 23.3 Å². The molecular formula is C15H19N3S. The van der Waals surface area contributed by atoms with Crippen LogP contribution in [0.2, 0.25) is 0 Å². The molecule has 1 aliphatic rings. The van der Waals surface area contributed by atoms with E-state index >= 15 is 0 Å². The molecule has 0 aliphatic heterocycles. The average Bonchev–Trinajstić information content (AvgIpc) is 3.18. The van der Waals surface area contributed by atoms with Gasteiger partial charge in [-0.05, 0) is 30.5 Å². The highest BCUT2D eigenvalue weighted by Gasteiger charge is 2.19. The van der Waals surface area contributed by atoms with Gasteiger partial charge in [0, 0.05) is 36.9 Å². The van der Waals surface area contributed by atoms with E-state index in [-0.39, 0.29) is 0 Å². The summed E-state index contributed by atoms with van der Waals surface area (Å²) in [7, 11) is 2.04. The van der Waals surface area contributed by atoms with Gasteiger partial charge in [-0.1, -0.05) is 12.1 Å². The van der Waals surface area contributed by atoms with Crippen LogP contribution >= 0.6 is 11.8 Å². The Morgan fingerprint density at radius 1 is 1.32 bits per heavy atom. The van der Waals surface area contributed by atoms with Gasteiger partial charge in [0.1, 0.15) is 5.82 Å². The van der Waals surface area contributed by atoms with Crippen LogP contribution in [0, 0.1) is 0 Å². The summed E-state index contributed by atoms with van der Waals surface area (Å²) in [5.74, 6) is 2.04. The van der Waals surface area contributed by atoms with E-state index in [0.717, 1.165) is 24.2 Å². The molecule has 3 rings (SSSR count). The lowest BCUT2D eigenvalue weighted by atomic mass is 10.2. The standard InChI is InChI=1S/C15H19N3S/c1-18-9-8-16-15(18)11-19-14-6-2-12(3-7-14)10-17-13-4-5-13/h2-3,6-9,13,17H,4-5,10-11H2,1H3. The monoisotopic (exact) mass is 273 g/mol. The predicted molar refractivity (Wildman–Crippen MR) is 79.1 cm³/mol. The van der Waals surface area contributed by atoms with Crippen LogP contribution in [0.4, 0.5) is 0 Å². The minimum atomic E-state index is 0.775. The van der Waals surface area contributed by atoms with Crippen LogP contribution in [0.15, 0.2) is 41.6 Å². The number of aryl methyl sites for hydroxylation is 1. The van der Waals surface area contributed by atoms with E-state index in [1.807, 2.05) is 31.2 Å². The molecule has 1 aromatic carbocycles. The molecule has 0 bridgehead atoms. The molecular weight excluding hydrogens is 254 g/mol. The Balaban J connectivity index is 1.52. The molecule has 2 aromatic rings. The first-order valence-corrected chi connectivity index (χ1v) is 7.71. The van der Waals surface area contributed by atoms with E-state index in [1.54, 1.807) is 0 Å². The van der Waals surface area contributed by atoms with Crippen LogP contribution in [0.1, 0.15) is 24.2 Å². The number of rotatable bonds is 6. The minimum absolute atomic E-state index is 0.775. The molecule has 1 N–H and O–H groups in total. The summed E-state index contributed by atoms with van der Waals surface area (Å²) in [5, 5.41) is 3.53. The minimum Gasteiger partial charge on any atom is -0.337 e. The van der Waals surface area contributed by atoms with E-state index in [0.29, 0.717) is 0 Å². The van der Waals surface area contributed by atoms with Crippen LogP contribution in [0.5, 0.6) is 0 Å². The van der Waals surface area contributed by atoms with Crippen LogP contribution in [0.25, 0.3) is 0 Å². The van der Waals surface area contributed by atoms with E-state index in [2.05, 4.69) is 39.1 Å². The topological polar surface area (TPSA) is 29.9 Å². The highest BCUT2D eigenvalue weighted by Crippen LogP contribution is 2.23. The van der Waals surface area contributed by atoms with E-state index in [9.17, 15) is 0 Å². The number of hydrogen-bond donors (Lipinski definition) is 1. The Bertz CT molecular complexity index is 529. The van der Waals surface area contributed by atoms with Crippen molar-refractivity contribution in [2.75, 3.05) is 0 Å². The van der Waals surface area contributed by atoms with Crippen molar-refractivity contribution in [3.63, 3.8) is 0 Å². The SMILES string of the molecule is Cn1ccnc1CSc1ccc(CNC2CC2)cc1. The molecule has 4 heteroatoms. The van der Waals surface area contributed by atoms with Crippen LogP contribution in [-0.2, 0) is 19.3 Å². The molecule has 0 spiro atoms. The van der Waals surface area contributed by atoms with Crippen LogP contribution < -0.4 is 5.32 Å². The fourth-order valence-corrected chi connectivity index (χ4v) is 2.84. The first-order valence-electron chi connectivity index (χ1n) is 6.72. The van der Waals surface area contributed by atoms with Gasteiger partial charge >= 0.3 is 0 Å². The Hall–Kier alpha value is -1.26. The summed E-state index contributed by atoms with van der Waals surface area (Å²) in [4.78, 5) is 5.64. The Morgan fingerprint density at radius 3 is 2.74 bits per heavy atom. The van der Waals surface area contributed by atoms with Crippen molar-refractivity contribution in [1.82, 2.24) is 14.9 Å². The van der Waals surface area contributed by atoms with Crippen LogP contribution in [0.3, 0.4) is 0 Å². The van der Waals surface area contributed by atoms with Crippen molar-refractivity contribution in [3.8, 4) is 0 Å². The number of nitrogens with zero attached hydrogens (tertiary/aromatic N) is 2. The van der Waals surface area contributed by atoms with Gasteiger partial charge in [0.25, 0.3) is 0 Å². The lowest BCUT2D eigenvalue weighted by Gasteiger charge is -2.05. The largest absolute Gasteiger partial charge is 0.337 e. The third kappa shape index (κ3) is 3.61. The van der Waals surface area contributed by atoms with Gasteiger partial charge in [0.2, 0.25) is 0 Å². The molecule has 1 saturated carbocycles. The molecule has 3 nitrogen and oxygen atoms in total. The van der Waals surface area contributed by atoms with Crippen LogP contribution in [-0.4, -0.2) is 15.6 Å². The maximum absolute atomic E-state index is 4.34. The third-order valence-corrected chi connectivity index (χ3v) is 4.39. The number of benzene rings is 1. The number of nitrogens with one attached hydrogen (secondary N) is 1. The summed E-state index contributed by atoms with van der Waals surface area (Å²) in [6.07, 6.45) is 6.53. The molecule has 0 unspecified atom stereocenters. The Labute approximate surface area is 118 Å². The van der Waals surface area contributed by atoms with Gasteiger partial charge in [-0.3, -0.25) is 0 Å². The van der Waals surface area contributed by atoms with Crippen molar-refractivity contribution in [2.45, 2.75) is 36.1 Å². The zero-order chi connectivity index (χ0) is 13.1. The van der Waals surface area contributed by atoms with Crippen molar-refractivity contribution in [1.29, 1.82) is 0 Å².